The van der Waals surface area contributed by atoms with Crippen LogP contribution in [0.25, 0.3) is 5.13 Å². The zero-order chi connectivity index (χ0) is 18.7. The highest BCUT2D eigenvalue weighted by atomic mass is 32.1. The molecular formula is C16H16N6O3S. The molecule has 0 fully saturated rings. The number of hydrogen-bond acceptors (Lipinski definition) is 8. The third-order valence-corrected chi connectivity index (χ3v) is 4.23. The first-order valence-corrected chi connectivity index (χ1v) is 8.59. The van der Waals surface area contributed by atoms with Gasteiger partial charge in [0.05, 0.1) is 23.6 Å². The van der Waals surface area contributed by atoms with Crippen molar-refractivity contribution in [1.82, 2.24) is 14.8 Å². The number of nitrogens with two attached hydrogens (primary N) is 1. The SMILES string of the molecule is CCOC(=O)c1ccc(N=Nc2c(C)[nH]n(-c3nc(N)cs3)c2=O)cc1. The molecule has 0 atom stereocenters. The molecular weight excluding hydrogens is 356 g/mol. The van der Waals surface area contributed by atoms with E-state index in [2.05, 4.69) is 20.3 Å². The minimum absolute atomic E-state index is 0.174. The fourth-order valence-corrected chi connectivity index (χ4v) is 2.83. The first kappa shape index (κ1) is 17.5. The van der Waals surface area contributed by atoms with E-state index in [0.29, 0.717) is 34.5 Å². The number of carbonyl (C=O) groups excluding carboxylic acids is 1. The number of thiazole rings is 1. The zero-order valence-corrected chi connectivity index (χ0v) is 14.9. The summed E-state index contributed by atoms with van der Waals surface area (Å²) in [5.74, 6) is -0.0582. The quantitative estimate of drug-likeness (QED) is 0.525. The lowest BCUT2D eigenvalue weighted by Crippen LogP contribution is -2.13. The Bertz CT molecular complexity index is 1020. The standard InChI is InChI=1S/C16H16N6O3S/c1-3-25-15(24)10-4-6-11(7-5-10)19-20-13-9(2)21-22(14(13)23)16-18-12(17)8-26-16/h4-8,21H,3,17H2,1-2H3. The van der Waals surface area contributed by atoms with E-state index in [1.54, 1.807) is 43.5 Å². The van der Waals surface area contributed by atoms with Crippen molar-refractivity contribution in [1.29, 1.82) is 0 Å². The van der Waals surface area contributed by atoms with Crippen LogP contribution in [0.2, 0.25) is 0 Å². The summed E-state index contributed by atoms with van der Waals surface area (Å²) >= 11 is 1.24. The second-order valence-electron chi connectivity index (χ2n) is 5.25. The Morgan fingerprint density at radius 1 is 1.35 bits per heavy atom. The fourth-order valence-electron chi connectivity index (χ4n) is 2.16. The van der Waals surface area contributed by atoms with Crippen molar-refractivity contribution >= 4 is 34.5 Å². The van der Waals surface area contributed by atoms with E-state index < -0.39 is 5.97 Å². The molecule has 10 heteroatoms. The van der Waals surface area contributed by atoms with Gasteiger partial charge in [0.25, 0.3) is 0 Å². The van der Waals surface area contributed by atoms with Crippen molar-refractivity contribution in [3.8, 4) is 5.13 Å². The lowest BCUT2D eigenvalue weighted by molar-refractivity contribution is 0.0526. The van der Waals surface area contributed by atoms with E-state index in [-0.39, 0.29) is 11.2 Å². The maximum Gasteiger partial charge on any atom is 0.338 e. The van der Waals surface area contributed by atoms with Gasteiger partial charge < -0.3 is 10.5 Å². The molecule has 0 aliphatic rings. The summed E-state index contributed by atoms with van der Waals surface area (Å²) in [5.41, 5.74) is 6.87. The van der Waals surface area contributed by atoms with Gasteiger partial charge in [0, 0.05) is 5.38 Å². The van der Waals surface area contributed by atoms with Crippen LogP contribution in [-0.4, -0.2) is 27.3 Å². The molecule has 3 aromatic rings. The number of H-pyrrole nitrogens is 1. The van der Waals surface area contributed by atoms with Gasteiger partial charge in [-0.2, -0.15) is 9.80 Å². The summed E-state index contributed by atoms with van der Waals surface area (Å²) in [6.45, 7) is 3.77. The molecule has 2 heterocycles. The molecule has 3 N–H and O–H groups in total. The van der Waals surface area contributed by atoms with E-state index in [9.17, 15) is 9.59 Å². The number of esters is 1. The maximum absolute atomic E-state index is 12.5. The minimum Gasteiger partial charge on any atom is -0.462 e. The van der Waals surface area contributed by atoms with Crippen LogP contribution in [-0.2, 0) is 4.74 Å². The number of aromatic amines is 1. The number of nitrogen functional groups attached to an aromatic ring is 1. The van der Waals surface area contributed by atoms with Gasteiger partial charge in [-0.05, 0) is 38.1 Å². The van der Waals surface area contributed by atoms with Gasteiger partial charge in [0.1, 0.15) is 5.82 Å². The summed E-state index contributed by atoms with van der Waals surface area (Å²) in [7, 11) is 0. The number of ether oxygens (including phenoxy) is 1. The summed E-state index contributed by atoms with van der Waals surface area (Å²) in [6.07, 6.45) is 0. The van der Waals surface area contributed by atoms with Crippen LogP contribution in [0, 0.1) is 6.92 Å². The summed E-state index contributed by atoms with van der Waals surface area (Å²) < 4.78 is 6.19. The van der Waals surface area contributed by atoms with E-state index in [0.717, 1.165) is 0 Å². The molecule has 0 saturated carbocycles. The molecule has 0 radical (unpaired) electrons. The molecule has 0 aliphatic carbocycles. The highest BCUT2D eigenvalue weighted by Gasteiger charge is 2.14. The van der Waals surface area contributed by atoms with Gasteiger partial charge in [-0.25, -0.2) is 9.78 Å². The Kier molecular flexibility index (Phi) is 4.94. The van der Waals surface area contributed by atoms with Gasteiger partial charge in [0.2, 0.25) is 5.13 Å². The molecule has 0 aliphatic heterocycles. The summed E-state index contributed by atoms with van der Waals surface area (Å²) in [4.78, 5) is 28.2. The average molecular weight is 372 g/mol. The first-order valence-electron chi connectivity index (χ1n) is 7.71. The Morgan fingerprint density at radius 3 is 2.69 bits per heavy atom. The number of hydrogen-bond donors (Lipinski definition) is 2. The number of aryl methyl sites for hydroxylation is 1. The molecule has 9 nitrogen and oxygen atoms in total. The minimum atomic E-state index is -0.400. The summed E-state index contributed by atoms with van der Waals surface area (Å²) in [6, 6.07) is 6.43. The van der Waals surface area contributed by atoms with E-state index in [1.165, 1.54) is 16.0 Å². The number of azo groups is 1. The Morgan fingerprint density at radius 2 is 2.08 bits per heavy atom. The molecule has 0 bridgehead atoms. The monoisotopic (exact) mass is 372 g/mol. The number of nitrogens with one attached hydrogen (secondary N) is 1. The van der Waals surface area contributed by atoms with Gasteiger partial charge in [0.15, 0.2) is 5.69 Å². The molecule has 0 amide bonds. The molecule has 3 rings (SSSR count). The summed E-state index contributed by atoms with van der Waals surface area (Å²) in [5, 5.41) is 13.1. The van der Waals surface area contributed by atoms with Gasteiger partial charge >= 0.3 is 11.5 Å². The Balaban J connectivity index is 1.84. The maximum atomic E-state index is 12.5. The van der Waals surface area contributed by atoms with Gasteiger partial charge in [-0.1, -0.05) is 0 Å². The van der Waals surface area contributed by atoms with E-state index in [1.807, 2.05) is 0 Å². The number of nitrogens with zero attached hydrogens (tertiary/aromatic N) is 4. The van der Waals surface area contributed by atoms with Crippen molar-refractivity contribution in [2.45, 2.75) is 13.8 Å². The molecule has 0 spiro atoms. The van der Waals surface area contributed by atoms with Crippen LogP contribution in [0.4, 0.5) is 17.2 Å². The van der Waals surface area contributed by atoms with Crippen molar-refractivity contribution in [3.05, 3.63) is 51.3 Å². The first-order chi connectivity index (χ1) is 12.5. The zero-order valence-electron chi connectivity index (χ0n) is 14.1. The number of benzene rings is 1. The molecule has 1 aromatic carbocycles. The second kappa shape index (κ2) is 7.31. The number of carbonyl (C=O) groups is 1. The highest BCUT2D eigenvalue weighted by molar-refractivity contribution is 7.12. The topological polar surface area (TPSA) is 128 Å². The predicted molar refractivity (Wildman–Crippen MR) is 97.8 cm³/mol. The number of aromatic nitrogens is 3. The molecule has 2 aromatic heterocycles. The third-order valence-electron chi connectivity index (χ3n) is 3.39. The highest BCUT2D eigenvalue weighted by Crippen LogP contribution is 2.21. The van der Waals surface area contributed by atoms with Crippen LogP contribution in [0.1, 0.15) is 23.0 Å². The van der Waals surface area contributed by atoms with Gasteiger partial charge in [-0.15, -0.1) is 16.5 Å². The van der Waals surface area contributed by atoms with E-state index in [4.69, 9.17) is 10.5 Å². The number of anilines is 1. The third kappa shape index (κ3) is 3.54. The van der Waals surface area contributed by atoms with Crippen LogP contribution < -0.4 is 11.3 Å². The van der Waals surface area contributed by atoms with Crippen molar-refractivity contribution in [2.75, 3.05) is 12.3 Å². The number of rotatable bonds is 5. The van der Waals surface area contributed by atoms with Crippen molar-refractivity contribution in [3.63, 3.8) is 0 Å². The predicted octanol–water partition coefficient (Wildman–Crippen LogP) is 3.10. The lowest BCUT2D eigenvalue weighted by atomic mass is 10.2. The second-order valence-corrected chi connectivity index (χ2v) is 6.08. The fraction of sp³-hybridized carbons (Fsp3) is 0.188. The Labute approximate surface area is 152 Å². The smallest absolute Gasteiger partial charge is 0.338 e. The largest absolute Gasteiger partial charge is 0.462 e. The molecule has 0 saturated heterocycles. The van der Waals surface area contributed by atoms with Crippen LogP contribution in [0.3, 0.4) is 0 Å². The lowest BCUT2D eigenvalue weighted by Gasteiger charge is -2.00. The van der Waals surface area contributed by atoms with Crippen molar-refractivity contribution < 1.29 is 9.53 Å². The van der Waals surface area contributed by atoms with Crippen LogP contribution in [0.5, 0.6) is 0 Å². The molecule has 134 valence electrons. The van der Waals surface area contributed by atoms with Crippen LogP contribution >= 0.6 is 11.3 Å². The van der Waals surface area contributed by atoms with Crippen LogP contribution in [0.15, 0.2) is 44.7 Å². The average Bonchev–Trinajstić information content (AvgIpc) is 3.17. The van der Waals surface area contributed by atoms with Crippen molar-refractivity contribution in [2.24, 2.45) is 10.2 Å². The Hall–Kier alpha value is -3.27. The molecule has 26 heavy (non-hydrogen) atoms. The van der Waals surface area contributed by atoms with Gasteiger partial charge in [-0.3, -0.25) is 9.89 Å². The molecule has 0 unspecified atom stereocenters. The van der Waals surface area contributed by atoms with E-state index >= 15 is 0 Å². The normalized spacial score (nSPS) is 11.2.